The molecule has 1 amide bonds. The molecule has 0 spiro atoms. The summed E-state index contributed by atoms with van der Waals surface area (Å²) in [6.07, 6.45) is 9.93. The number of hydrogen-bond donors (Lipinski definition) is 1. The molecule has 0 aromatic rings. The first-order chi connectivity index (χ1) is 9.75. The van der Waals surface area contributed by atoms with Gasteiger partial charge in [-0.3, -0.25) is 4.79 Å². The zero-order valence-corrected chi connectivity index (χ0v) is 12.9. The number of carbonyl (C=O) groups excluding carboxylic acids is 1. The predicted octanol–water partition coefficient (Wildman–Crippen LogP) is 2.80. The lowest BCUT2D eigenvalue weighted by Gasteiger charge is -2.34. The second-order valence-corrected chi connectivity index (χ2v) is 7.28. The highest BCUT2D eigenvalue weighted by Crippen LogP contribution is 2.37. The van der Waals surface area contributed by atoms with E-state index >= 15 is 0 Å². The van der Waals surface area contributed by atoms with Gasteiger partial charge in [-0.25, -0.2) is 0 Å². The molecular weight excluding hydrogens is 248 g/mol. The van der Waals surface area contributed by atoms with E-state index in [1.54, 1.807) is 0 Å². The molecule has 0 aromatic heterocycles. The Labute approximate surface area is 123 Å². The molecule has 2 heterocycles. The first-order valence-corrected chi connectivity index (χ1v) is 8.76. The van der Waals surface area contributed by atoms with Crippen molar-refractivity contribution >= 4 is 5.91 Å². The molecule has 1 aliphatic carbocycles. The van der Waals surface area contributed by atoms with Crippen molar-refractivity contribution in [3.63, 3.8) is 0 Å². The van der Waals surface area contributed by atoms with Crippen molar-refractivity contribution in [3.8, 4) is 0 Å². The Bertz CT molecular complexity index is 338. The van der Waals surface area contributed by atoms with E-state index in [2.05, 4.69) is 17.1 Å². The lowest BCUT2D eigenvalue weighted by Crippen LogP contribution is -2.41. The van der Waals surface area contributed by atoms with Crippen LogP contribution in [0, 0.1) is 17.8 Å². The quantitative estimate of drug-likeness (QED) is 0.861. The summed E-state index contributed by atoms with van der Waals surface area (Å²) >= 11 is 0. The van der Waals surface area contributed by atoms with E-state index in [0.29, 0.717) is 23.8 Å². The summed E-state index contributed by atoms with van der Waals surface area (Å²) in [6.45, 7) is 5.58. The maximum absolute atomic E-state index is 12.7. The third-order valence-corrected chi connectivity index (χ3v) is 5.97. The van der Waals surface area contributed by atoms with Crippen LogP contribution in [-0.2, 0) is 4.79 Å². The molecule has 3 rings (SSSR count). The Morgan fingerprint density at radius 3 is 2.85 bits per heavy atom. The Morgan fingerprint density at radius 2 is 2.05 bits per heavy atom. The number of amides is 1. The van der Waals surface area contributed by atoms with Gasteiger partial charge in [0.1, 0.15) is 0 Å². The average Bonchev–Trinajstić information content (AvgIpc) is 2.92. The maximum atomic E-state index is 12.7. The maximum Gasteiger partial charge on any atom is 0.223 e. The van der Waals surface area contributed by atoms with Crippen LogP contribution in [0.1, 0.15) is 58.3 Å². The monoisotopic (exact) mass is 278 g/mol. The summed E-state index contributed by atoms with van der Waals surface area (Å²) in [5.41, 5.74) is 0. The van der Waals surface area contributed by atoms with Gasteiger partial charge in [0.05, 0.1) is 0 Å². The fourth-order valence-electron chi connectivity index (χ4n) is 4.64. The van der Waals surface area contributed by atoms with Crippen molar-refractivity contribution < 1.29 is 4.79 Å². The molecule has 0 radical (unpaired) electrons. The number of carbonyl (C=O) groups is 1. The first-order valence-electron chi connectivity index (χ1n) is 8.76. The molecule has 2 saturated heterocycles. The van der Waals surface area contributed by atoms with Gasteiger partial charge in [-0.15, -0.1) is 0 Å². The van der Waals surface area contributed by atoms with Gasteiger partial charge in [-0.1, -0.05) is 19.8 Å². The van der Waals surface area contributed by atoms with Crippen LogP contribution in [0.5, 0.6) is 0 Å². The van der Waals surface area contributed by atoms with Crippen LogP contribution in [0.2, 0.25) is 0 Å². The van der Waals surface area contributed by atoms with Crippen molar-refractivity contribution in [2.75, 3.05) is 19.6 Å². The lowest BCUT2D eigenvalue weighted by molar-refractivity contribution is -0.134. The number of fused-ring (bicyclic) bond motifs is 1. The summed E-state index contributed by atoms with van der Waals surface area (Å²) in [5, 5.41) is 3.48. The molecule has 3 fully saturated rings. The molecule has 4 atom stereocenters. The summed E-state index contributed by atoms with van der Waals surface area (Å²) in [6, 6.07) is 0.591. The third-order valence-electron chi connectivity index (χ3n) is 5.97. The van der Waals surface area contributed by atoms with Crippen molar-refractivity contribution in [1.82, 2.24) is 10.2 Å². The molecule has 114 valence electrons. The summed E-state index contributed by atoms with van der Waals surface area (Å²) < 4.78 is 0. The van der Waals surface area contributed by atoms with Crippen molar-refractivity contribution in [2.45, 2.75) is 64.3 Å². The van der Waals surface area contributed by atoms with Gasteiger partial charge in [-0.2, -0.15) is 0 Å². The smallest absolute Gasteiger partial charge is 0.223 e. The molecule has 2 aliphatic heterocycles. The second kappa shape index (κ2) is 6.46. The minimum absolute atomic E-state index is 0.442. The molecule has 1 saturated carbocycles. The van der Waals surface area contributed by atoms with Crippen LogP contribution in [0.3, 0.4) is 0 Å². The summed E-state index contributed by atoms with van der Waals surface area (Å²) in [5.74, 6) is 2.51. The van der Waals surface area contributed by atoms with Crippen molar-refractivity contribution in [2.24, 2.45) is 17.8 Å². The van der Waals surface area contributed by atoms with Crippen LogP contribution < -0.4 is 5.32 Å². The van der Waals surface area contributed by atoms with Gasteiger partial charge in [-0.05, 0) is 62.9 Å². The molecule has 3 aliphatic rings. The van der Waals surface area contributed by atoms with E-state index in [9.17, 15) is 4.79 Å². The van der Waals surface area contributed by atoms with Gasteiger partial charge in [0.25, 0.3) is 0 Å². The molecule has 1 N–H and O–H groups in total. The minimum Gasteiger partial charge on any atom is -0.339 e. The number of nitrogens with zero attached hydrogens (tertiary/aromatic N) is 1. The highest BCUT2D eigenvalue weighted by molar-refractivity contribution is 5.77. The van der Waals surface area contributed by atoms with E-state index in [1.165, 1.54) is 44.9 Å². The molecular formula is C17H30N2O. The van der Waals surface area contributed by atoms with Gasteiger partial charge < -0.3 is 10.2 Å². The number of piperidine rings is 1. The fraction of sp³-hybridized carbons (Fsp3) is 0.941. The fourth-order valence-corrected chi connectivity index (χ4v) is 4.64. The highest BCUT2D eigenvalue weighted by atomic mass is 16.2. The van der Waals surface area contributed by atoms with Crippen LogP contribution in [0.15, 0.2) is 0 Å². The molecule has 3 nitrogen and oxygen atoms in total. The largest absolute Gasteiger partial charge is 0.339 e. The number of nitrogens with one attached hydrogen (secondary N) is 1. The highest BCUT2D eigenvalue weighted by Gasteiger charge is 2.38. The predicted molar refractivity (Wildman–Crippen MR) is 81.5 cm³/mol. The number of rotatable bonds is 3. The van der Waals surface area contributed by atoms with Crippen molar-refractivity contribution in [1.29, 1.82) is 0 Å². The zero-order chi connectivity index (χ0) is 13.9. The second-order valence-electron chi connectivity index (χ2n) is 7.28. The van der Waals surface area contributed by atoms with E-state index in [-0.39, 0.29) is 0 Å². The summed E-state index contributed by atoms with van der Waals surface area (Å²) in [4.78, 5) is 14.9. The minimum atomic E-state index is 0.442. The van der Waals surface area contributed by atoms with Gasteiger partial charge in [0.15, 0.2) is 0 Å². The van der Waals surface area contributed by atoms with E-state index in [4.69, 9.17) is 0 Å². The molecule has 20 heavy (non-hydrogen) atoms. The van der Waals surface area contributed by atoms with Crippen LogP contribution in [-0.4, -0.2) is 36.5 Å². The number of likely N-dealkylation sites (tertiary alicyclic amines) is 1. The Morgan fingerprint density at radius 1 is 1.20 bits per heavy atom. The molecule has 3 heteroatoms. The van der Waals surface area contributed by atoms with Crippen molar-refractivity contribution in [3.05, 3.63) is 0 Å². The van der Waals surface area contributed by atoms with Crippen LogP contribution in [0.25, 0.3) is 0 Å². The van der Waals surface area contributed by atoms with Crippen LogP contribution >= 0.6 is 0 Å². The van der Waals surface area contributed by atoms with E-state index in [0.717, 1.165) is 32.0 Å². The molecule has 4 unspecified atom stereocenters. The molecule has 0 aromatic carbocycles. The molecule has 0 bridgehead atoms. The normalized spacial score (nSPS) is 35.6. The zero-order valence-electron chi connectivity index (χ0n) is 12.9. The topological polar surface area (TPSA) is 32.3 Å². The summed E-state index contributed by atoms with van der Waals surface area (Å²) in [7, 11) is 0. The van der Waals surface area contributed by atoms with Gasteiger partial charge in [0.2, 0.25) is 5.91 Å². The number of hydrogen-bond acceptors (Lipinski definition) is 2. The first kappa shape index (κ1) is 14.4. The Hall–Kier alpha value is -0.570. The average molecular weight is 278 g/mol. The van der Waals surface area contributed by atoms with Gasteiger partial charge >= 0.3 is 0 Å². The van der Waals surface area contributed by atoms with Gasteiger partial charge in [0, 0.05) is 19.0 Å². The van der Waals surface area contributed by atoms with E-state index < -0.39 is 0 Å². The van der Waals surface area contributed by atoms with Crippen LogP contribution in [0.4, 0.5) is 0 Å². The lowest BCUT2D eigenvalue weighted by atomic mass is 9.84. The standard InChI is InChI=1S/C17H30N2O/c1-13(15-6-4-9-18-12-15)11-17(20)19-10-8-14-5-2-3-7-16(14)19/h13-16,18H,2-12H2,1H3. The Balaban J connectivity index is 1.53. The SMILES string of the molecule is CC(CC(=O)N1CCC2CCCCC21)C1CCCNC1. The third kappa shape index (κ3) is 3.03. The van der Waals surface area contributed by atoms with E-state index in [1.807, 2.05) is 0 Å². The Kier molecular flexibility index (Phi) is 4.65.